The van der Waals surface area contributed by atoms with Crippen LogP contribution in [0.25, 0.3) is 0 Å². The van der Waals surface area contributed by atoms with Crippen molar-refractivity contribution < 1.29 is 14.6 Å². The quantitative estimate of drug-likeness (QED) is 0.830. The van der Waals surface area contributed by atoms with E-state index in [1.54, 1.807) is 12.1 Å². The molecule has 0 radical (unpaired) electrons. The summed E-state index contributed by atoms with van der Waals surface area (Å²) in [4.78, 5) is 21.6. The van der Waals surface area contributed by atoms with Crippen molar-refractivity contribution in [2.24, 2.45) is 17.8 Å². The maximum atomic E-state index is 13.4. The number of ether oxygens (including phenoxy) is 1. The van der Waals surface area contributed by atoms with Crippen molar-refractivity contribution in [3.8, 4) is 11.9 Å². The van der Waals surface area contributed by atoms with Gasteiger partial charge in [-0.1, -0.05) is 6.08 Å². The molecule has 5 fully saturated rings. The summed E-state index contributed by atoms with van der Waals surface area (Å²) in [5.41, 5.74) is -0.401. The van der Waals surface area contributed by atoms with Crippen molar-refractivity contribution in [2.75, 3.05) is 13.2 Å². The lowest BCUT2D eigenvalue weighted by molar-refractivity contribution is -0.152. The van der Waals surface area contributed by atoms with Crippen molar-refractivity contribution in [3.63, 3.8) is 0 Å². The summed E-state index contributed by atoms with van der Waals surface area (Å²) in [6.45, 7) is 1.02. The third-order valence-corrected chi connectivity index (χ3v) is 8.08. The third kappa shape index (κ3) is 2.59. The highest BCUT2D eigenvalue weighted by Gasteiger charge is 2.61. The van der Waals surface area contributed by atoms with Gasteiger partial charge in [-0.25, -0.2) is 9.78 Å². The number of rotatable bonds is 4. The Hall–Kier alpha value is -2.59. The predicted molar refractivity (Wildman–Crippen MR) is 107 cm³/mol. The van der Waals surface area contributed by atoms with E-state index in [0.29, 0.717) is 42.3 Å². The van der Waals surface area contributed by atoms with E-state index >= 15 is 0 Å². The van der Waals surface area contributed by atoms with Gasteiger partial charge < -0.3 is 14.7 Å². The van der Waals surface area contributed by atoms with Crippen LogP contribution in [-0.2, 0) is 0 Å². The number of hydrogen-bond acceptors (Lipinski definition) is 5. The Bertz CT molecular complexity index is 938. The number of urea groups is 1. The molecule has 3 atom stereocenters. The number of hydrogen-bond donors (Lipinski definition) is 1. The predicted octanol–water partition coefficient (Wildman–Crippen LogP) is 2.67. The third-order valence-electron chi connectivity index (χ3n) is 8.08. The molecule has 3 heterocycles. The van der Waals surface area contributed by atoms with Gasteiger partial charge in [-0.2, -0.15) is 5.26 Å². The number of nitrogens with zero attached hydrogens (tertiary/aromatic N) is 4. The van der Waals surface area contributed by atoms with Crippen LogP contribution in [0.4, 0.5) is 4.79 Å². The highest BCUT2D eigenvalue weighted by Crippen LogP contribution is 2.58. The molecule has 30 heavy (non-hydrogen) atoms. The molecule has 2 amide bonds. The Kier molecular flexibility index (Phi) is 3.77. The topological polar surface area (TPSA) is 89.7 Å². The molecule has 7 nitrogen and oxygen atoms in total. The fourth-order valence-corrected chi connectivity index (χ4v) is 7.18. The van der Waals surface area contributed by atoms with Crippen LogP contribution >= 0.6 is 0 Å². The Balaban J connectivity index is 1.22. The lowest BCUT2D eigenvalue weighted by atomic mass is 9.52. The van der Waals surface area contributed by atoms with E-state index in [2.05, 4.69) is 16.0 Å². The molecule has 1 aromatic rings. The number of carbonyl (C=O) groups is 1. The zero-order chi connectivity index (χ0) is 20.5. The molecule has 7 heteroatoms. The number of nitriles is 1. The maximum Gasteiger partial charge on any atom is 0.325 e. The summed E-state index contributed by atoms with van der Waals surface area (Å²) in [6, 6.07) is 5.76. The van der Waals surface area contributed by atoms with Crippen LogP contribution in [0.15, 0.2) is 30.6 Å². The Morgan fingerprint density at radius 1 is 1.27 bits per heavy atom. The Labute approximate surface area is 175 Å². The smallest absolute Gasteiger partial charge is 0.325 e. The van der Waals surface area contributed by atoms with Crippen LogP contribution in [-0.4, -0.2) is 56.3 Å². The van der Waals surface area contributed by atoms with Gasteiger partial charge in [0.2, 0.25) is 5.88 Å². The van der Waals surface area contributed by atoms with E-state index in [1.807, 2.05) is 17.2 Å². The van der Waals surface area contributed by atoms with Crippen LogP contribution in [0, 0.1) is 29.1 Å². The molecule has 0 spiro atoms. The van der Waals surface area contributed by atoms with Gasteiger partial charge >= 0.3 is 6.03 Å². The SMILES string of the molecule is N#Cc1ccc(OCC23CC=CN2C(=O)N(C2C4CC5CC2CC(O)(C5)C4)C3)nc1. The number of aromatic nitrogens is 1. The first-order valence-corrected chi connectivity index (χ1v) is 11.0. The molecular weight excluding hydrogens is 380 g/mol. The molecule has 3 unspecified atom stereocenters. The molecule has 2 aliphatic heterocycles. The lowest BCUT2D eigenvalue weighted by Crippen LogP contribution is -2.62. The van der Waals surface area contributed by atoms with Gasteiger partial charge in [0.15, 0.2) is 0 Å². The van der Waals surface area contributed by atoms with Crippen molar-refractivity contribution in [3.05, 3.63) is 36.2 Å². The molecular formula is C23H26N4O3. The van der Waals surface area contributed by atoms with Crippen molar-refractivity contribution in [1.29, 1.82) is 5.26 Å². The second-order valence-corrected chi connectivity index (χ2v) is 10.1. The van der Waals surface area contributed by atoms with E-state index in [0.717, 1.165) is 38.5 Å². The second-order valence-electron chi connectivity index (χ2n) is 10.1. The number of fused-ring (bicyclic) bond motifs is 1. The Morgan fingerprint density at radius 3 is 2.73 bits per heavy atom. The average molecular weight is 406 g/mol. The van der Waals surface area contributed by atoms with Crippen molar-refractivity contribution in [1.82, 2.24) is 14.8 Å². The fraction of sp³-hybridized carbons (Fsp3) is 0.609. The first-order chi connectivity index (χ1) is 14.5. The summed E-state index contributed by atoms with van der Waals surface area (Å²) < 4.78 is 5.99. The first kappa shape index (κ1) is 18.2. The molecule has 4 aliphatic carbocycles. The van der Waals surface area contributed by atoms with Crippen LogP contribution in [0.5, 0.6) is 5.88 Å². The highest BCUT2D eigenvalue weighted by molar-refractivity contribution is 5.80. The van der Waals surface area contributed by atoms with Crippen molar-refractivity contribution in [2.45, 2.75) is 55.7 Å². The minimum atomic E-state index is -0.492. The molecule has 1 saturated heterocycles. The molecule has 156 valence electrons. The van der Waals surface area contributed by atoms with Crippen LogP contribution in [0.3, 0.4) is 0 Å². The second kappa shape index (κ2) is 6.21. The summed E-state index contributed by atoms with van der Waals surface area (Å²) >= 11 is 0. The van der Waals surface area contributed by atoms with Crippen LogP contribution in [0.1, 0.15) is 44.1 Å². The molecule has 4 bridgehead atoms. The summed E-state index contributed by atoms with van der Waals surface area (Å²) in [5, 5.41) is 19.9. The van der Waals surface area contributed by atoms with Crippen molar-refractivity contribution >= 4 is 6.03 Å². The minimum Gasteiger partial charge on any atom is -0.475 e. The zero-order valence-electron chi connectivity index (χ0n) is 16.9. The standard InChI is InChI=1S/C23H26N4O3/c24-11-15-2-3-19(25-12-15)30-14-22-4-1-5-27(22)21(28)26(13-22)20-17-6-16-7-18(20)10-23(29,8-16)9-17/h1-3,5,12,16-18,20,29H,4,6-10,13-14H2. The van der Waals surface area contributed by atoms with Gasteiger partial charge in [0.1, 0.15) is 18.2 Å². The summed E-state index contributed by atoms with van der Waals surface area (Å²) in [7, 11) is 0. The fourth-order valence-electron chi connectivity index (χ4n) is 7.18. The molecule has 7 rings (SSSR count). The van der Waals surface area contributed by atoms with E-state index in [9.17, 15) is 9.90 Å². The van der Waals surface area contributed by atoms with Crippen LogP contribution in [0.2, 0.25) is 0 Å². The first-order valence-electron chi connectivity index (χ1n) is 11.0. The number of aliphatic hydroxyl groups is 1. The summed E-state index contributed by atoms with van der Waals surface area (Å²) in [5.74, 6) is 1.92. The van der Waals surface area contributed by atoms with Gasteiger partial charge in [-0.3, -0.25) is 4.90 Å². The normalized spacial score (nSPS) is 40.7. The number of pyridine rings is 1. The minimum absolute atomic E-state index is 0.0737. The number of carbonyl (C=O) groups excluding carboxylic acids is 1. The molecule has 1 N–H and O–H groups in total. The van der Waals surface area contributed by atoms with Crippen LogP contribution < -0.4 is 4.74 Å². The van der Waals surface area contributed by atoms with E-state index in [4.69, 9.17) is 10.00 Å². The van der Waals surface area contributed by atoms with Gasteiger partial charge in [0.05, 0.1) is 17.7 Å². The highest BCUT2D eigenvalue weighted by atomic mass is 16.5. The van der Waals surface area contributed by atoms with Gasteiger partial charge in [0.25, 0.3) is 0 Å². The van der Waals surface area contributed by atoms with Gasteiger partial charge in [-0.05, 0) is 62.3 Å². The maximum absolute atomic E-state index is 13.4. The van der Waals surface area contributed by atoms with Gasteiger partial charge in [0, 0.05) is 24.5 Å². The largest absolute Gasteiger partial charge is 0.475 e. The molecule has 4 saturated carbocycles. The monoisotopic (exact) mass is 406 g/mol. The summed E-state index contributed by atoms with van der Waals surface area (Å²) in [6.07, 6.45) is 11.1. The average Bonchev–Trinajstić information content (AvgIpc) is 3.24. The van der Waals surface area contributed by atoms with E-state index < -0.39 is 11.1 Å². The lowest BCUT2D eigenvalue weighted by Gasteiger charge is -2.59. The number of amides is 2. The molecule has 0 aromatic carbocycles. The Morgan fingerprint density at radius 2 is 2.07 bits per heavy atom. The van der Waals surface area contributed by atoms with E-state index in [-0.39, 0.29) is 12.1 Å². The molecule has 6 aliphatic rings. The zero-order valence-corrected chi connectivity index (χ0v) is 16.9. The molecule has 1 aromatic heterocycles. The van der Waals surface area contributed by atoms with E-state index in [1.165, 1.54) is 6.20 Å². The van der Waals surface area contributed by atoms with Gasteiger partial charge in [-0.15, -0.1) is 0 Å².